The highest BCUT2D eigenvalue weighted by Crippen LogP contribution is 2.27. The number of nitrogens with two attached hydrogens (primary N) is 1. The summed E-state index contributed by atoms with van der Waals surface area (Å²) in [5, 5.41) is 2.10. The van der Waals surface area contributed by atoms with Crippen molar-refractivity contribution in [2.45, 2.75) is 32.2 Å². The molecule has 0 saturated heterocycles. The maximum Gasteiger partial charge on any atom is 0.139 e. The predicted molar refractivity (Wildman–Crippen MR) is 93.2 cm³/mol. The van der Waals surface area contributed by atoms with Crippen molar-refractivity contribution < 1.29 is 0 Å². The van der Waals surface area contributed by atoms with Gasteiger partial charge in [-0.2, -0.15) is 0 Å². The summed E-state index contributed by atoms with van der Waals surface area (Å²) in [6.07, 6.45) is 4.61. The van der Waals surface area contributed by atoms with E-state index < -0.39 is 0 Å². The molecular formula is C16H19N3S2. The summed E-state index contributed by atoms with van der Waals surface area (Å²) in [6.45, 7) is 0.832. The minimum absolute atomic E-state index is 0.434. The Morgan fingerprint density at radius 1 is 1.43 bits per heavy atom. The average Bonchev–Trinajstić information content (AvgIpc) is 2.98. The van der Waals surface area contributed by atoms with Gasteiger partial charge in [-0.15, -0.1) is 11.3 Å². The van der Waals surface area contributed by atoms with Gasteiger partial charge in [0, 0.05) is 17.6 Å². The monoisotopic (exact) mass is 317 g/mol. The second kappa shape index (κ2) is 6.12. The Balaban J connectivity index is 1.97. The first-order valence-corrected chi connectivity index (χ1v) is 8.50. The zero-order valence-corrected chi connectivity index (χ0v) is 13.8. The standard InChI is InChI=1S/C16H19N3S2/c1-19(10-12-6-4-8-21-12)16-13(15(17)20)9-11-5-2-3-7-14(11)18-16/h4,6,8-9H,2-3,5,7,10H2,1H3,(H2,17,20). The first-order chi connectivity index (χ1) is 10.1. The van der Waals surface area contributed by atoms with Crippen molar-refractivity contribution >= 4 is 34.4 Å². The number of hydrogen-bond donors (Lipinski definition) is 1. The Kier molecular flexibility index (Phi) is 4.22. The SMILES string of the molecule is CN(Cc1cccs1)c1nc2c(cc1C(N)=S)CCCC2. The molecule has 0 bridgehead atoms. The number of aromatic nitrogens is 1. The second-order valence-corrected chi connectivity index (χ2v) is 6.94. The molecule has 21 heavy (non-hydrogen) atoms. The molecule has 0 aromatic carbocycles. The van der Waals surface area contributed by atoms with Crippen molar-refractivity contribution in [3.05, 3.63) is 45.3 Å². The number of rotatable bonds is 4. The van der Waals surface area contributed by atoms with Crippen LogP contribution < -0.4 is 10.6 Å². The average molecular weight is 317 g/mol. The van der Waals surface area contributed by atoms with E-state index in [0.29, 0.717) is 4.99 Å². The fraction of sp³-hybridized carbons (Fsp3) is 0.375. The molecule has 110 valence electrons. The fourth-order valence-corrected chi connectivity index (χ4v) is 3.71. The van der Waals surface area contributed by atoms with E-state index >= 15 is 0 Å². The number of fused-ring (bicyclic) bond motifs is 1. The van der Waals surface area contributed by atoms with Crippen LogP contribution >= 0.6 is 23.6 Å². The van der Waals surface area contributed by atoms with Crippen LogP contribution in [0.4, 0.5) is 5.82 Å². The van der Waals surface area contributed by atoms with Crippen LogP contribution in [0.3, 0.4) is 0 Å². The topological polar surface area (TPSA) is 42.2 Å². The fourth-order valence-electron chi connectivity index (χ4n) is 2.81. The van der Waals surface area contributed by atoms with Gasteiger partial charge in [0.2, 0.25) is 0 Å². The summed E-state index contributed by atoms with van der Waals surface area (Å²) >= 11 is 6.99. The molecular weight excluding hydrogens is 298 g/mol. The Bertz CT molecular complexity index is 650. The van der Waals surface area contributed by atoms with Crippen LogP contribution in [0.5, 0.6) is 0 Å². The largest absolute Gasteiger partial charge is 0.389 e. The number of aryl methyl sites for hydroxylation is 2. The summed E-state index contributed by atoms with van der Waals surface area (Å²) in [4.78, 5) is 8.77. The molecule has 3 nitrogen and oxygen atoms in total. The molecule has 1 aliphatic carbocycles. The van der Waals surface area contributed by atoms with Gasteiger partial charge in [0.1, 0.15) is 10.8 Å². The van der Waals surface area contributed by atoms with Gasteiger partial charge in [-0.3, -0.25) is 0 Å². The van der Waals surface area contributed by atoms with Crippen LogP contribution in [-0.4, -0.2) is 17.0 Å². The Morgan fingerprint density at radius 3 is 2.95 bits per heavy atom. The number of thiophene rings is 1. The molecule has 5 heteroatoms. The third-order valence-corrected chi connectivity index (χ3v) is 4.96. The minimum atomic E-state index is 0.434. The molecule has 0 aliphatic heterocycles. The number of hydrogen-bond acceptors (Lipinski definition) is 4. The molecule has 2 heterocycles. The molecule has 0 atom stereocenters. The first-order valence-electron chi connectivity index (χ1n) is 7.21. The van der Waals surface area contributed by atoms with E-state index in [2.05, 4.69) is 35.5 Å². The van der Waals surface area contributed by atoms with Crippen LogP contribution in [0.15, 0.2) is 23.6 Å². The number of anilines is 1. The maximum atomic E-state index is 5.93. The number of thiocarbonyl (C=S) groups is 1. The lowest BCUT2D eigenvalue weighted by Gasteiger charge is -2.24. The van der Waals surface area contributed by atoms with Crippen molar-refractivity contribution in [3.8, 4) is 0 Å². The summed E-state index contributed by atoms with van der Waals surface area (Å²) in [5.41, 5.74) is 9.37. The zero-order valence-electron chi connectivity index (χ0n) is 12.1. The summed E-state index contributed by atoms with van der Waals surface area (Å²) < 4.78 is 0. The third-order valence-electron chi connectivity index (χ3n) is 3.88. The van der Waals surface area contributed by atoms with Gasteiger partial charge in [0.05, 0.1) is 12.1 Å². The summed E-state index contributed by atoms with van der Waals surface area (Å²) in [6, 6.07) is 6.37. The highest BCUT2D eigenvalue weighted by molar-refractivity contribution is 7.80. The third kappa shape index (κ3) is 3.09. The minimum Gasteiger partial charge on any atom is -0.389 e. The van der Waals surface area contributed by atoms with E-state index in [1.807, 2.05) is 0 Å². The molecule has 0 unspecified atom stereocenters. The van der Waals surface area contributed by atoms with Gasteiger partial charge in [-0.25, -0.2) is 4.98 Å². The highest BCUT2D eigenvalue weighted by Gasteiger charge is 2.19. The molecule has 2 N–H and O–H groups in total. The van der Waals surface area contributed by atoms with Crippen LogP contribution in [0.25, 0.3) is 0 Å². The van der Waals surface area contributed by atoms with Crippen LogP contribution in [0.2, 0.25) is 0 Å². The van der Waals surface area contributed by atoms with E-state index in [-0.39, 0.29) is 0 Å². The van der Waals surface area contributed by atoms with Crippen LogP contribution in [0.1, 0.15) is 34.5 Å². The van der Waals surface area contributed by atoms with Gasteiger partial charge < -0.3 is 10.6 Å². The molecule has 0 spiro atoms. The molecule has 0 amide bonds. The van der Waals surface area contributed by atoms with E-state index in [4.69, 9.17) is 22.9 Å². The molecule has 2 aromatic heterocycles. The van der Waals surface area contributed by atoms with Gasteiger partial charge in [0.25, 0.3) is 0 Å². The van der Waals surface area contributed by atoms with Gasteiger partial charge >= 0.3 is 0 Å². The van der Waals surface area contributed by atoms with E-state index in [9.17, 15) is 0 Å². The lowest BCUT2D eigenvalue weighted by atomic mass is 9.94. The Hall–Kier alpha value is -1.46. The zero-order chi connectivity index (χ0) is 14.8. The van der Waals surface area contributed by atoms with Crippen LogP contribution in [0, 0.1) is 0 Å². The lowest BCUT2D eigenvalue weighted by Crippen LogP contribution is -2.24. The van der Waals surface area contributed by atoms with Gasteiger partial charge in [-0.05, 0) is 48.8 Å². The van der Waals surface area contributed by atoms with Crippen LogP contribution in [-0.2, 0) is 19.4 Å². The van der Waals surface area contributed by atoms with E-state index in [1.54, 1.807) is 11.3 Å². The lowest BCUT2D eigenvalue weighted by molar-refractivity contribution is 0.665. The molecule has 0 fully saturated rings. The van der Waals surface area contributed by atoms with Gasteiger partial charge in [-0.1, -0.05) is 18.3 Å². The van der Waals surface area contributed by atoms with E-state index in [0.717, 1.165) is 30.8 Å². The van der Waals surface area contributed by atoms with Crippen molar-refractivity contribution in [1.29, 1.82) is 0 Å². The van der Waals surface area contributed by atoms with Crippen molar-refractivity contribution in [2.24, 2.45) is 5.73 Å². The maximum absolute atomic E-state index is 5.93. The summed E-state index contributed by atoms with van der Waals surface area (Å²) in [7, 11) is 2.05. The first kappa shape index (κ1) is 14.5. The van der Waals surface area contributed by atoms with E-state index in [1.165, 1.54) is 29.0 Å². The molecule has 2 aromatic rings. The number of pyridine rings is 1. The molecule has 3 rings (SSSR count). The van der Waals surface area contributed by atoms with Gasteiger partial charge in [0.15, 0.2) is 0 Å². The Morgan fingerprint density at radius 2 is 2.24 bits per heavy atom. The number of nitrogens with zero attached hydrogens (tertiary/aromatic N) is 2. The quantitative estimate of drug-likeness (QED) is 0.879. The van der Waals surface area contributed by atoms with Crippen molar-refractivity contribution in [3.63, 3.8) is 0 Å². The Labute approximate surface area is 134 Å². The molecule has 0 saturated carbocycles. The smallest absolute Gasteiger partial charge is 0.139 e. The molecule has 0 radical (unpaired) electrons. The molecule has 1 aliphatic rings. The normalized spacial score (nSPS) is 13.8. The second-order valence-electron chi connectivity index (χ2n) is 5.47. The van der Waals surface area contributed by atoms with Crippen molar-refractivity contribution in [1.82, 2.24) is 4.98 Å². The summed E-state index contributed by atoms with van der Waals surface area (Å²) in [5.74, 6) is 0.913. The predicted octanol–water partition coefficient (Wildman–Crippen LogP) is 3.29. The highest BCUT2D eigenvalue weighted by atomic mass is 32.1. The van der Waals surface area contributed by atoms with Crippen molar-refractivity contribution in [2.75, 3.05) is 11.9 Å².